The number of halogens is 3. The topological polar surface area (TPSA) is 96.9 Å². The van der Waals surface area contributed by atoms with Gasteiger partial charge in [-0.3, -0.25) is 14.5 Å². The van der Waals surface area contributed by atoms with Crippen LogP contribution in [-0.2, 0) is 16.1 Å². The zero-order valence-corrected chi connectivity index (χ0v) is 27.5. The minimum Gasteiger partial charge on any atom is -0.457 e. The summed E-state index contributed by atoms with van der Waals surface area (Å²) in [5.41, 5.74) is 2.52. The number of benzene rings is 2. The minimum atomic E-state index is -1.45. The Morgan fingerprint density at radius 2 is 1.85 bits per heavy atom. The van der Waals surface area contributed by atoms with E-state index in [-0.39, 0.29) is 55.2 Å². The lowest BCUT2D eigenvalue weighted by molar-refractivity contribution is -0.128. The van der Waals surface area contributed by atoms with E-state index >= 15 is 8.78 Å². The third-order valence-corrected chi connectivity index (χ3v) is 9.43. The van der Waals surface area contributed by atoms with Gasteiger partial charge in [0.25, 0.3) is 5.91 Å². The first kappa shape index (κ1) is 33.9. The van der Waals surface area contributed by atoms with Gasteiger partial charge in [-0.1, -0.05) is 20.8 Å². The van der Waals surface area contributed by atoms with Gasteiger partial charge in [0.2, 0.25) is 5.91 Å². The molecule has 2 amide bonds. The number of amides is 2. The van der Waals surface area contributed by atoms with Crippen LogP contribution in [0.1, 0.15) is 67.6 Å². The van der Waals surface area contributed by atoms with Crippen LogP contribution in [0.15, 0.2) is 48.5 Å². The standard InChI is InChI=1S/C36H42F3N5O4/c1-21(2)30-8-9-31(42-41-30)23-4-6-25(7-5-23)48-34-16-26(27(37)15-24(34)18-44-17-22(3)14-35(44)45)36(46)40-32-10-12-43(19-28(32)38)33-11-13-47-20-29(33)39/h4-9,15-16,21-22,28-29,32-33H,10-14,17-20H2,1-3H3,(H,40,46). The molecule has 3 aliphatic heterocycles. The van der Waals surface area contributed by atoms with Crippen LogP contribution < -0.4 is 10.1 Å². The van der Waals surface area contributed by atoms with Crippen molar-refractivity contribution in [3.05, 3.63) is 71.2 Å². The number of carbonyl (C=O) groups excluding carboxylic acids is 2. The molecule has 0 aliphatic carbocycles. The fraction of sp³-hybridized carbons (Fsp3) is 0.500. The van der Waals surface area contributed by atoms with Crippen molar-refractivity contribution in [1.29, 1.82) is 0 Å². The molecule has 5 unspecified atom stereocenters. The van der Waals surface area contributed by atoms with Gasteiger partial charge in [-0.05, 0) is 73.2 Å². The lowest BCUT2D eigenvalue weighted by atomic mass is 9.97. The van der Waals surface area contributed by atoms with E-state index in [1.807, 2.05) is 45.0 Å². The summed E-state index contributed by atoms with van der Waals surface area (Å²) in [7, 11) is 0. The molecule has 2 aromatic carbocycles. The Bertz CT molecular complexity index is 1610. The van der Waals surface area contributed by atoms with Gasteiger partial charge in [0.15, 0.2) is 0 Å². The second-order valence-electron chi connectivity index (χ2n) is 13.5. The summed E-state index contributed by atoms with van der Waals surface area (Å²) in [5.74, 6) is -0.539. The minimum absolute atomic E-state index is 0.00598. The van der Waals surface area contributed by atoms with Crippen LogP contribution in [-0.4, -0.2) is 89.1 Å². The summed E-state index contributed by atoms with van der Waals surface area (Å²) in [6, 6.07) is 12.2. The van der Waals surface area contributed by atoms with Gasteiger partial charge in [-0.25, -0.2) is 13.2 Å². The normalized spacial score (nSPS) is 25.0. The van der Waals surface area contributed by atoms with Crippen molar-refractivity contribution in [3.63, 3.8) is 0 Å². The van der Waals surface area contributed by atoms with E-state index in [4.69, 9.17) is 9.47 Å². The van der Waals surface area contributed by atoms with Crippen LogP contribution in [0.25, 0.3) is 11.3 Å². The fourth-order valence-corrected chi connectivity index (χ4v) is 6.68. The first-order valence-electron chi connectivity index (χ1n) is 16.7. The van der Waals surface area contributed by atoms with Crippen molar-refractivity contribution in [3.8, 4) is 22.8 Å². The Kier molecular flexibility index (Phi) is 10.3. The maximum absolute atomic E-state index is 15.6. The molecular formula is C36H42F3N5O4. The summed E-state index contributed by atoms with van der Waals surface area (Å²) < 4.78 is 56.7. The van der Waals surface area contributed by atoms with Crippen LogP contribution in [0, 0.1) is 11.7 Å². The number of alkyl halides is 2. The van der Waals surface area contributed by atoms with Crippen LogP contribution in [0.2, 0.25) is 0 Å². The van der Waals surface area contributed by atoms with Crippen LogP contribution >= 0.6 is 0 Å². The van der Waals surface area contributed by atoms with Crippen LogP contribution in [0.5, 0.6) is 11.5 Å². The number of nitrogens with zero attached hydrogens (tertiary/aromatic N) is 4. The monoisotopic (exact) mass is 665 g/mol. The molecule has 256 valence electrons. The van der Waals surface area contributed by atoms with Crippen molar-refractivity contribution < 1.29 is 32.2 Å². The Labute approximate surface area is 278 Å². The Balaban J connectivity index is 1.20. The molecule has 48 heavy (non-hydrogen) atoms. The largest absolute Gasteiger partial charge is 0.457 e. The SMILES string of the molecule is CC1CC(=O)N(Cc2cc(F)c(C(=O)NC3CCN(C4CCOCC4F)CC3F)cc2Oc2ccc(-c3ccc(C(C)C)nn3)cc2)C1. The second kappa shape index (κ2) is 14.6. The average Bonchev–Trinajstić information content (AvgIpc) is 3.39. The molecule has 0 radical (unpaired) electrons. The molecule has 0 spiro atoms. The summed E-state index contributed by atoms with van der Waals surface area (Å²) in [5, 5.41) is 11.3. The molecule has 0 saturated carbocycles. The first-order chi connectivity index (χ1) is 23.0. The number of aromatic nitrogens is 2. The Hall–Kier alpha value is -4.03. The Morgan fingerprint density at radius 3 is 2.50 bits per heavy atom. The van der Waals surface area contributed by atoms with E-state index < -0.39 is 36.2 Å². The highest BCUT2D eigenvalue weighted by Gasteiger charge is 2.38. The Morgan fingerprint density at radius 1 is 1.06 bits per heavy atom. The van der Waals surface area contributed by atoms with Gasteiger partial charge in [0.1, 0.15) is 29.7 Å². The third kappa shape index (κ3) is 7.65. The quantitative estimate of drug-likeness (QED) is 0.307. The average molecular weight is 666 g/mol. The number of piperidine rings is 1. The fourth-order valence-electron chi connectivity index (χ4n) is 6.68. The van der Waals surface area contributed by atoms with Crippen molar-refractivity contribution >= 4 is 11.8 Å². The molecule has 6 rings (SSSR count). The number of nitrogens with one attached hydrogen (secondary N) is 1. The summed E-state index contributed by atoms with van der Waals surface area (Å²) >= 11 is 0. The molecule has 5 atom stereocenters. The van der Waals surface area contributed by atoms with Gasteiger partial charge < -0.3 is 19.7 Å². The van der Waals surface area contributed by atoms with Crippen LogP contribution in [0.3, 0.4) is 0 Å². The molecule has 3 aromatic rings. The number of ether oxygens (including phenoxy) is 2. The van der Waals surface area contributed by atoms with Gasteiger partial charge in [0, 0.05) is 56.4 Å². The van der Waals surface area contributed by atoms with E-state index in [2.05, 4.69) is 15.5 Å². The van der Waals surface area contributed by atoms with Crippen molar-refractivity contribution in [2.24, 2.45) is 5.92 Å². The molecule has 4 heterocycles. The summed E-state index contributed by atoms with van der Waals surface area (Å²) in [6.07, 6.45) is -1.50. The van der Waals surface area contributed by atoms with E-state index in [0.29, 0.717) is 49.5 Å². The zero-order valence-electron chi connectivity index (χ0n) is 27.5. The van der Waals surface area contributed by atoms with E-state index in [0.717, 1.165) is 11.3 Å². The predicted octanol–water partition coefficient (Wildman–Crippen LogP) is 5.84. The summed E-state index contributed by atoms with van der Waals surface area (Å²) in [6.45, 7) is 7.51. The highest BCUT2D eigenvalue weighted by molar-refractivity contribution is 5.95. The van der Waals surface area contributed by atoms with E-state index in [9.17, 15) is 14.0 Å². The zero-order chi connectivity index (χ0) is 33.9. The molecular weight excluding hydrogens is 623 g/mol. The highest BCUT2D eigenvalue weighted by Crippen LogP contribution is 2.33. The molecule has 1 aromatic heterocycles. The molecule has 1 N–H and O–H groups in total. The maximum Gasteiger partial charge on any atom is 0.254 e. The number of hydrogen-bond acceptors (Lipinski definition) is 7. The molecule has 3 fully saturated rings. The van der Waals surface area contributed by atoms with Gasteiger partial charge >= 0.3 is 0 Å². The number of likely N-dealkylation sites (tertiary alicyclic amines) is 2. The lowest BCUT2D eigenvalue weighted by Gasteiger charge is -2.42. The first-order valence-corrected chi connectivity index (χ1v) is 16.7. The summed E-state index contributed by atoms with van der Waals surface area (Å²) in [4.78, 5) is 29.4. The molecule has 12 heteroatoms. The van der Waals surface area contributed by atoms with E-state index in [1.54, 1.807) is 21.9 Å². The van der Waals surface area contributed by atoms with Gasteiger partial charge in [-0.15, -0.1) is 0 Å². The van der Waals surface area contributed by atoms with Gasteiger partial charge in [0.05, 0.1) is 29.6 Å². The highest BCUT2D eigenvalue weighted by atomic mass is 19.1. The van der Waals surface area contributed by atoms with Crippen LogP contribution in [0.4, 0.5) is 13.2 Å². The van der Waals surface area contributed by atoms with E-state index in [1.165, 1.54) is 12.1 Å². The second-order valence-corrected chi connectivity index (χ2v) is 13.5. The number of rotatable bonds is 9. The van der Waals surface area contributed by atoms with Crippen molar-refractivity contribution in [2.75, 3.05) is 32.8 Å². The van der Waals surface area contributed by atoms with Crippen molar-refractivity contribution in [2.45, 2.75) is 76.9 Å². The van der Waals surface area contributed by atoms with Crippen molar-refractivity contribution in [1.82, 2.24) is 25.3 Å². The molecule has 9 nitrogen and oxygen atoms in total. The molecule has 3 saturated heterocycles. The van der Waals surface area contributed by atoms with Gasteiger partial charge in [-0.2, -0.15) is 10.2 Å². The smallest absolute Gasteiger partial charge is 0.254 e. The lowest BCUT2D eigenvalue weighted by Crippen LogP contribution is -2.57. The number of hydrogen-bond donors (Lipinski definition) is 1. The predicted molar refractivity (Wildman–Crippen MR) is 174 cm³/mol. The molecule has 3 aliphatic rings. The molecule has 0 bridgehead atoms. The maximum atomic E-state index is 15.6. The number of carbonyl (C=O) groups is 2. The third-order valence-electron chi connectivity index (χ3n) is 9.43.